The van der Waals surface area contributed by atoms with Crippen LogP contribution < -0.4 is 5.43 Å². The normalized spacial score (nSPS) is 22.5. The molecular formula is C63H40O2. The van der Waals surface area contributed by atoms with Gasteiger partial charge in [0.1, 0.15) is 11.2 Å². The minimum atomic E-state index is -0.437. The van der Waals surface area contributed by atoms with E-state index in [0.717, 1.165) is 22.3 Å². The Morgan fingerprint density at radius 2 is 0.800 bits per heavy atom. The number of hydrogen-bond donors (Lipinski definition) is 0. The van der Waals surface area contributed by atoms with Crippen molar-refractivity contribution in [3.05, 3.63) is 273 Å². The predicted octanol–water partition coefficient (Wildman–Crippen LogP) is 14.6. The summed E-state index contributed by atoms with van der Waals surface area (Å²) in [7, 11) is 0. The van der Waals surface area contributed by atoms with Gasteiger partial charge in [-0.25, -0.2) is 0 Å². The third-order valence-corrected chi connectivity index (χ3v) is 16.3. The Morgan fingerprint density at radius 1 is 0.369 bits per heavy atom. The maximum atomic E-state index is 14.8. The quantitative estimate of drug-likeness (QED) is 0.163. The van der Waals surface area contributed by atoms with Crippen molar-refractivity contribution in [2.45, 2.75) is 22.7 Å². The Morgan fingerprint density at radius 3 is 1.38 bits per heavy atom. The van der Waals surface area contributed by atoms with Crippen LogP contribution in [0.2, 0.25) is 0 Å². The van der Waals surface area contributed by atoms with Crippen LogP contribution in [0.5, 0.6) is 0 Å². The van der Waals surface area contributed by atoms with E-state index >= 15 is 0 Å². The second-order valence-corrected chi connectivity index (χ2v) is 18.9. The molecule has 0 fully saturated rings. The molecule has 0 saturated heterocycles. The summed E-state index contributed by atoms with van der Waals surface area (Å²) in [5, 5.41) is 1.18. The summed E-state index contributed by atoms with van der Waals surface area (Å²) in [4.78, 5) is 14.8. The lowest BCUT2D eigenvalue weighted by atomic mass is 9.61. The van der Waals surface area contributed by atoms with E-state index in [9.17, 15) is 4.79 Å². The molecule has 9 aromatic rings. The van der Waals surface area contributed by atoms with E-state index in [1.54, 1.807) is 0 Å². The van der Waals surface area contributed by atoms with E-state index in [1.165, 1.54) is 66.8 Å². The van der Waals surface area contributed by atoms with Crippen LogP contribution in [-0.2, 0) is 10.8 Å². The van der Waals surface area contributed by atoms with Gasteiger partial charge in [0.25, 0.3) is 0 Å². The molecule has 6 aliphatic carbocycles. The first-order valence-corrected chi connectivity index (χ1v) is 23.0. The Hall–Kier alpha value is -7.81. The lowest BCUT2D eigenvalue weighted by Gasteiger charge is -2.40. The lowest BCUT2D eigenvalue weighted by Crippen LogP contribution is -2.38. The molecule has 1 aromatic heterocycles. The summed E-state index contributed by atoms with van der Waals surface area (Å²) in [6, 6.07) is 62.1. The van der Waals surface area contributed by atoms with Crippen molar-refractivity contribution in [3.63, 3.8) is 0 Å². The molecule has 0 aliphatic heterocycles. The van der Waals surface area contributed by atoms with Crippen LogP contribution in [0.1, 0.15) is 56.3 Å². The first-order chi connectivity index (χ1) is 32.1. The van der Waals surface area contributed by atoms with Crippen molar-refractivity contribution in [3.8, 4) is 44.5 Å². The fraction of sp³-hybridized carbons (Fsp3) is 0.0952. The Bertz CT molecular complexity index is 3720. The number of allylic oxidation sites excluding steroid dienone is 8. The number of benzene rings is 8. The van der Waals surface area contributed by atoms with Crippen LogP contribution in [0.3, 0.4) is 0 Å². The summed E-state index contributed by atoms with van der Waals surface area (Å²) in [5.41, 5.74) is 20.7. The molecular weight excluding hydrogens is 789 g/mol. The summed E-state index contributed by atoms with van der Waals surface area (Å²) in [6.07, 6.45) is 18.7. The van der Waals surface area contributed by atoms with Gasteiger partial charge in [-0.1, -0.05) is 182 Å². The van der Waals surface area contributed by atoms with Gasteiger partial charge in [0.2, 0.25) is 5.43 Å². The number of fused-ring (bicyclic) bond motifs is 22. The molecule has 2 nitrogen and oxygen atoms in total. The van der Waals surface area contributed by atoms with Crippen LogP contribution in [0.25, 0.3) is 66.4 Å². The Labute approximate surface area is 376 Å². The molecule has 5 unspecified atom stereocenters. The molecule has 8 aromatic carbocycles. The second kappa shape index (κ2) is 12.7. The topological polar surface area (TPSA) is 30.2 Å². The van der Waals surface area contributed by atoms with Gasteiger partial charge in [-0.15, -0.1) is 0 Å². The standard InChI is InChI=1S/C63H40O2/c64-61-49-33-37(39-25-29-47-45-17-5-11-23-55(45)62(57(47)35-39)51-19-7-1-13-41(51)42-14-2-8-20-52(42)62)27-31-59(49)65-60-32-28-38(34-50(60)61)40-26-30-48-46-18-6-12-24-56(46)63(58(48)36-40)53-21-9-3-15-43(53)44-16-4-10-22-54(44)63/h1-36,41,45,51,55H. The van der Waals surface area contributed by atoms with Gasteiger partial charge in [-0.05, 0) is 125 Å². The van der Waals surface area contributed by atoms with E-state index < -0.39 is 5.41 Å². The molecule has 6 aliphatic rings. The fourth-order valence-corrected chi connectivity index (χ4v) is 13.8. The van der Waals surface area contributed by atoms with E-state index in [-0.39, 0.29) is 10.8 Å². The molecule has 0 saturated carbocycles. The first-order valence-electron chi connectivity index (χ1n) is 23.0. The van der Waals surface area contributed by atoms with Gasteiger partial charge in [0, 0.05) is 29.1 Å². The van der Waals surface area contributed by atoms with E-state index in [1.807, 2.05) is 18.2 Å². The summed E-state index contributed by atoms with van der Waals surface area (Å²) < 4.78 is 6.56. The first kappa shape index (κ1) is 35.6. The molecule has 0 radical (unpaired) electrons. The van der Waals surface area contributed by atoms with Crippen molar-refractivity contribution < 1.29 is 4.42 Å². The van der Waals surface area contributed by atoms with Gasteiger partial charge >= 0.3 is 0 Å². The van der Waals surface area contributed by atoms with Crippen LogP contribution in [0.4, 0.5) is 0 Å². The van der Waals surface area contributed by atoms with Gasteiger partial charge in [0.05, 0.1) is 16.2 Å². The molecule has 5 atom stereocenters. The summed E-state index contributed by atoms with van der Waals surface area (Å²) in [5.74, 6) is 1.26. The highest BCUT2D eigenvalue weighted by Crippen LogP contribution is 2.68. The van der Waals surface area contributed by atoms with Crippen molar-refractivity contribution in [1.82, 2.24) is 0 Å². The molecule has 15 rings (SSSR count). The average Bonchev–Trinajstić information content (AvgIpc) is 4.05. The highest BCUT2D eigenvalue weighted by Gasteiger charge is 2.61. The third-order valence-electron chi connectivity index (χ3n) is 16.3. The Balaban J connectivity index is 0.873. The number of hydrogen-bond acceptors (Lipinski definition) is 2. The van der Waals surface area contributed by atoms with Crippen LogP contribution in [0.15, 0.2) is 228 Å². The molecule has 2 heteroatoms. The molecule has 1 heterocycles. The average molecular weight is 829 g/mol. The zero-order valence-corrected chi connectivity index (χ0v) is 35.4. The fourth-order valence-electron chi connectivity index (χ4n) is 13.8. The maximum Gasteiger partial charge on any atom is 0.200 e. The summed E-state index contributed by atoms with van der Waals surface area (Å²) >= 11 is 0. The molecule has 65 heavy (non-hydrogen) atoms. The smallest absolute Gasteiger partial charge is 0.200 e. The largest absolute Gasteiger partial charge is 0.456 e. The minimum Gasteiger partial charge on any atom is -0.456 e. The zero-order chi connectivity index (χ0) is 42.6. The SMILES string of the molecule is O=c1c2cc(-c3ccc4c(c3)C3(c5ccccc5-c5ccccc53)c3ccccc3-4)ccc2oc2ccc(-c3ccc4c(c3)C3(c5ccccc5C5C=CC=CC53)C3C=CC=CC43)cc12. The van der Waals surface area contributed by atoms with E-state index in [2.05, 4.69) is 200 Å². The molecule has 0 bridgehead atoms. The molecule has 0 amide bonds. The maximum absolute atomic E-state index is 14.8. The van der Waals surface area contributed by atoms with E-state index in [0.29, 0.717) is 45.6 Å². The third kappa shape index (κ3) is 4.38. The summed E-state index contributed by atoms with van der Waals surface area (Å²) in [6.45, 7) is 0. The van der Waals surface area contributed by atoms with Crippen LogP contribution in [-0.4, -0.2) is 0 Å². The predicted molar refractivity (Wildman–Crippen MR) is 263 cm³/mol. The van der Waals surface area contributed by atoms with Crippen molar-refractivity contribution in [1.29, 1.82) is 0 Å². The molecule has 0 N–H and O–H groups in total. The minimum absolute atomic E-state index is 0.0146. The van der Waals surface area contributed by atoms with Gasteiger partial charge in [-0.3, -0.25) is 4.79 Å². The van der Waals surface area contributed by atoms with Crippen LogP contribution >= 0.6 is 0 Å². The van der Waals surface area contributed by atoms with E-state index in [4.69, 9.17) is 4.42 Å². The van der Waals surface area contributed by atoms with Gasteiger partial charge in [0.15, 0.2) is 0 Å². The van der Waals surface area contributed by atoms with Crippen molar-refractivity contribution in [2.75, 3.05) is 0 Å². The highest BCUT2D eigenvalue weighted by molar-refractivity contribution is 5.97. The lowest BCUT2D eigenvalue weighted by molar-refractivity contribution is 0.312. The molecule has 304 valence electrons. The van der Waals surface area contributed by atoms with Gasteiger partial charge < -0.3 is 4.42 Å². The Kier molecular flexibility index (Phi) is 6.95. The van der Waals surface area contributed by atoms with Crippen molar-refractivity contribution >= 4 is 21.9 Å². The monoisotopic (exact) mass is 828 g/mol. The van der Waals surface area contributed by atoms with Crippen LogP contribution in [0, 0.1) is 11.8 Å². The molecule has 2 spiro atoms. The zero-order valence-electron chi connectivity index (χ0n) is 35.4. The second-order valence-electron chi connectivity index (χ2n) is 18.9. The highest BCUT2D eigenvalue weighted by atomic mass is 16.3. The van der Waals surface area contributed by atoms with Crippen molar-refractivity contribution in [2.24, 2.45) is 11.8 Å². The van der Waals surface area contributed by atoms with Gasteiger partial charge in [-0.2, -0.15) is 0 Å². The number of rotatable bonds is 2.